The predicted molar refractivity (Wildman–Crippen MR) is 68.3 cm³/mol. The van der Waals surface area contributed by atoms with Crippen molar-refractivity contribution in [1.82, 2.24) is 4.90 Å². The smallest absolute Gasteiger partial charge is 0.391 e. The highest BCUT2D eigenvalue weighted by molar-refractivity contribution is 5.70. The topological polar surface area (TPSA) is 40.5 Å². The van der Waals surface area contributed by atoms with Gasteiger partial charge in [0.15, 0.2) is 0 Å². The number of likely N-dealkylation sites (tertiary alicyclic amines) is 1. The average Bonchev–Trinajstić information content (AvgIpc) is 2.37. The van der Waals surface area contributed by atoms with Crippen molar-refractivity contribution < 1.29 is 23.1 Å². The Balaban J connectivity index is 1.87. The fraction of sp³-hybridized carbons (Fsp3) is 0.929. The van der Waals surface area contributed by atoms with E-state index in [0.29, 0.717) is 32.2 Å². The van der Waals surface area contributed by atoms with Gasteiger partial charge in [-0.3, -0.25) is 9.69 Å². The number of hydrogen-bond acceptors (Lipinski definition) is 2. The van der Waals surface area contributed by atoms with Gasteiger partial charge in [0.05, 0.1) is 11.8 Å². The molecule has 20 heavy (non-hydrogen) atoms. The zero-order chi connectivity index (χ0) is 14.9. The van der Waals surface area contributed by atoms with Crippen molar-refractivity contribution in [2.45, 2.75) is 63.7 Å². The number of hydrogen-bond donors (Lipinski definition) is 1. The molecule has 1 saturated heterocycles. The summed E-state index contributed by atoms with van der Waals surface area (Å²) in [6.45, 7) is 2.68. The number of piperidine rings is 1. The first-order valence-electron chi connectivity index (χ1n) is 7.34. The lowest BCUT2D eigenvalue weighted by Crippen LogP contribution is -2.49. The zero-order valence-corrected chi connectivity index (χ0v) is 11.7. The van der Waals surface area contributed by atoms with Crippen LogP contribution >= 0.6 is 0 Å². The maximum atomic E-state index is 12.6. The minimum atomic E-state index is -4.06. The summed E-state index contributed by atoms with van der Waals surface area (Å²) in [5.74, 6) is -2.20. The first-order valence-corrected chi connectivity index (χ1v) is 7.34. The standard InChI is InChI=1S/C14H22F3NO2/c1-9-8-10(13(19)20)6-7-18(9)12-4-2-11(3-5-12)14(15,16)17/h9-12H,2-8H2,1H3,(H,19,20). The molecule has 0 radical (unpaired) electrons. The van der Waals surface area contributed by atoms with Crippen LogP contribution in [0, 0.1) is 11.8 Å². The highest BCUT2D eigenvalue weighted by atomic mass is 19.4. The first-order chi connectivity index (χ1) is 9.29. The van der Waals surface area contributed by atoms with Crippen molar-refractivity contribution in [3.05, 3.63) is 0 Å². The third kappa shape index (κ3) is 3.45. The zero-order valence-electron chi connectivity index (χ0n) is 11.7. The number of alkyl halides is 3. The molecule has 0 amide bonds. The summed E-state index contributed by atoms with van der Waals surface area (Å²) < 4.78 is 37.9. The SMILES string of the molecule is CC1CC(C(=O)O)CCN1C1CCC(C(F)(F)F)CC1. The van der Waals surface area contributed by atoms with Crippen molar-refractivity contribution in [1.29, 1.82) is 0 Å². The lowest BCUT2D eigenvalue weighted by molar-refractivity contribution is -0.185. The number of carbonyl (C=O) groups is 1. The summed E-state index contributed by atoms with van der Waals surface area (Å²) in [5.41, 5.74) is 0. The van der Waals surface area contributed by atoms with Crippen molar-refractivity contribution in [3.63, 3.8) is 0 Å². The Kier molecular flexibility index (Phi) is 4.62. The van der Waals surface area contributed by atoms with Gasteiger partial charge in [0.1, 0.15) is 0 Å². The lowest BCUT2D eigenvalue weighted by atomic mass is 9.82. The van der Waals surface area contributed by atoms with Crippen LogP contribution in [0.4, 0.5) is 13.2 Å². The number of aliphatic carboxylic acids is 1. The normalized spacial score (nSPS) is 36.8. The van der Waals surface area contributed by atoms with Gasteiger partial charge in [0, 0.05) is 12.1 Å². The first kappa shape index (κ1) is 15.6. The van der Waals surface area contributed by atoms with E-state index < -0.39 is 18.1 Å². The van der Waals surface area contributed by atoms with E-state index in [-0.39, 0.29) is 30.8 Å². The van der Waals surface area contributed by atoms with Gasteiger partial charge in [-0.05, 0) is 52.0 Å². The van der Waals surface area contributed by atoms with E-state index in [9.17, 15) is 18.0 Å². The fourth-order valence-electron chi connectivity index (χ4n) is 3.69. The number of carboxylic acids is 1. The number of carboxylic acid groups (broad SMARTS) is 1. The number of rotatable bonds is 2. The Bertz CT molecular complexity index is 351. The summed E-state index contributed by atoms with van der Waals surface area (Å²) >= 11 is 0. The highest BCUT2D eigenvalue weighted by Gasteiger charge is 2.43. The average molecular weight is 293 g/mol. The summed E-state index contributed by atoms with van der Waals surface area (Å²) in [7, 11) is 0. The molecule has 0 aromatic carbocycles. The van der Waals surface area contributed by atoms with Crippen LogP contribution in [-0.2, 0) is 4.79 Å². The molecule has 2 atom stereocenters. The van der Waals surface area contributed by atoms with Gasteiger partial charge < -0.3 is 5.11 Å². The molecule has 1 aliphatic heterocycles. The van der Waals surface area contributed by atoms with Gasteiger partial charge >= 0.3 is 12.1 Å². The predicted octanol–water partition coefficient (Wildman–Crippen LogP) is 3.29. The third-order valence-electron chi connectivity index (χ3n) is 4.91. The van der Waals surface area contributed by atoms with E-state index in [0.717, 1.165) is 0 Å². The number of nitrogens with zero attached hydrogens (tertiary/aromatic N) is 1. The lowest BCUT2D eigenvalue weighted by Gasteiger charge is -2.44. The molecule has 1 heterocycles. The highest BCUT2D eigenvalue weighted by Crippen LogP contribution is 2.40. The van der Waals surface area contributed by atoms with Gasteiger partial charge in [0.25, 0.3) is 0 Å². The van der Waals surface area contributed by atoms with Gasteiger partial charge in [-0.1, -0.05) is 0 Å². The molecule has 1 N–H and O–H groups in total. The van der Waals surface area contributed by atoms with Gasteiger partial charge in [-0.25, -0.2) is 0 Å². The summed E-state index contributed by atoms with van der Waals surface area (Å²) in [5, 5.41) is 9.03. The Labute approximate surface area is 117 Å². The molecular formula is C14H22F3NO2. The quantitative estimate of drug-likeness (QED) is 0.849. The van der Waals surface area contributed by atoms with E-state index >= 15 is 0 Å². The van der Waals surface area contributed by atoms with Crippen molar-refractivity contribution in [2.75, 3.05) is 6.54 Å². The molecule has 1 aliphatic carbocycles. The van der Waals surface area contributed by atoms with Gasteiger partial charge in [-0.2, -0.15) is 13.2 Å². The molecule has 0 spiro atoms. The minimum absolute atomic E-state index is 0.150. The van der Waals surface area contributed by atoms with Crippen molar-refractivity contribution in [3.8, 4) is 0 Å². The number of halogens is 3. The Morgan fingerprint density at radius 2 is 1.75 bits per heavy atom. The van der Waals surface area contributed by atoms with Crippen LogP contribution in [0.2, 0.25) is 0 Å². The molecule has 6 heteroatoms. The van der Waals surface area contributed by atoms with Crippen LogP contribution < -0.4 is 0 Å². The van der Waals surface area contributed by atoms with Gasteiger partial charge in [0.2, 0.25) is 0 Å². The Morgan fingerprint density at radius 1 is 1.15 bits per heavy atom. The Hall–Kier alpha value is -0.780. The second-order valence-electron chi connectivity index (χ2n) is 6.19. The fourth-order valence-corrected chi connectivity index (χ4v) is 3.69. The Morgan fingerprint density at radius 3 is 2.20 bits per heavy atom. The summed E-state index contributed by atoms with van der Waals surface area (Å²) in [6.07, 6.45) is -1.28. The second-order valence-corrected chi connectivity index (χ2v) is 6.19. The third-order valence-corrected chi connectivity index (χ3v) is 4.91. The van der Waals surface area contributed by atoms with Crippen molar-refractivity contribution in [2.24, 2.45) is 11.8 Å². The second kappa shape index (κ2) is 5.92. The molecule has 2 unspecified atom stereocenters. The monoisotopic (exact) mass is 293 g/mol. The molecule has 3 nitrogen and oxygen atoms in total. The molecule has 1 saturated carbocycles. The maximum absolute atomic E-state index is 12.6. The van der Waals surface area contributed by atoms with Crippen LogP contribution in [0.25, 0.3) is 0 Å². The molecule has 2 rings (SSSR count). The molecule has 2 fully saturated rings. The van der Waals surface area contributed by atoms with E-state index in [4.69, 9.17) is 5.11 Å². The van der Waals surface area contributed by atoms with Crippen molar-refractivity contribution >= 4 is 5.97 Å². The van der Waals surface area contributed by atoms with E-state index in [1.54, 1.807) is 0 Å². The van der Waals surface area contributed by atoms with Crippen LogP contribution in [-0.4, -0.2) is 40.8 Å². The largest absolute Gasteiger partial charge is 0.481 e. The molecule has 0 bridgehead atoms. The van der Waals surface area contributed by atoms with Crippen LogP contribution in [0.5, 0.6) is 0 Å². The molecule has 0 aromatic rings. The maximum Gasteiger partial charge on any atom is 0.391 e. The van der Waals surface area contributed by atoms with E-state index in [2.05, 4.69) is 4.90 Å². The molecule has 0 aromatic heterocycles. The summed E-state index contributed by atoms with van der Waals surface area (Å²) in [6, 6.07) is 0.343. The molecular weight excluding hydrogens is 271 g/mol. The summed E-state index contributed by atoms with van der Waals surface area (Å²) in [4.78, 5) is 13.2. The van der Waals surface area contributed by atoms with Crippen LogP contribution in [0.15, 0.2) is 0 Å². The van der Waals surface area contributed by atoms with Gasteiger partial charge in [-0.15, -0.1) is 0 Å². The van der Waals surface area contributed by atoms with E-state index in [1.165, 1.54) is 0 Å². The van der Waals surface area contributed by atoms with Crippen LogP contribution in [0.3, 0.4) is 0 Å². The molecule has 2 aliphatic rings. The van der Waals surface area contributed by atoms with Crippen LogP contribution in [0.1, 0.15) is 45.4 Å². The minimum Gasteiger partial charge on any atom is -0.481 e. The van der Waals surface area contributed by atoms with E-state index in [1.807, 2.05) is 6.92 Å². The molecule has 116 valence electrons.